The lowest BCUT2D eigenvalue weighted by Gasteiger charge is -2.11. The number of aryl methyl sites for hydroxylation is 1. The van der Waals surface area contributed by atoms with E-state index in [1.54, 1.807) is 0 Å². The summed E-state index contributed by atoms with van der Waals surface area (Å²) >= 11 is 0. The number of fused-ring (bicyclic) bond motifs is 1. The van der Waals surface area contributed by atoms with Gasteiger partial charge >= 0.3 is 0 Å². The molecule has 3 nitrogen and oxygen atoms in total. The third-order valence-corrected chi connectivity index (χ3v) is 2.77. The summed E-state index contributed by atoms with van der Waals surface area (Å²) in [6, 6.07) is 6.13. The van der Waals surface area contributed by atoms with Crippen LogP contribution in [0, 0.1) is 6.92 Å². The lowest BCUT2D eigenvalue weighted by atomic mass is 9.96. The number of nitrogens with two attached hydrogens (primary N) is 1. The fraction of sp³-hybridized carbons (Fsp3) is 0.417. The van der Waals surface area contributed by atoms with E-state index >= 15 is 0 Å². The van der Waals surface area contributed by atoms with Gasteiger partial charge in [-0.15, -0.1) is 0 Å². The molecule has 0 aliphatic carbocycles. The van der Waals surface area contributed by atoms with Gasteiger partial charge < -0.3 is 10.2 Å². The number of oxazole rings is 1. The molecule has 0 saturated carbocycles. The molecule has 0 aliphatic rings. The maximum Gasteiger partial charge on any atom is 0.192 e. The molecule has 15 heavy (non-hydrogen) atoms. The molecular weight excluding hydrogens is 188 g/mol. The number of benzene rings is 1. The van der Waals surface area contributed by atoms with Crippen LogP contribution in [0.4, 0.5) is 0 Å². The van der Waals surface area contributed by atoms with Crippen molar-refractivity contribution in [2.75, 3.05) is 6.54 Å². The molecule has 1 aromatic heterocycles. The molecule has 0 saturated heterocycles. The largest absolute Gasteiger partial charge is 0.441 e. The molecule has 0 bridgehead atoms. The zero-order valence-electron chi connectivity index (χ0n) is 9.16. The second-order valence-electron chi connectivity index (χ2n) is 3.80. The summed E-state index contributed by atoms with van der Waals surface area (Å²) in [7, 11) is 0. The summed E-state index contributed by atoms with van der Waals surface area (Å²) < 4.78 is 5.43. The minimum absolute atomic E-state index is 0.423. The van der Waals surface area contributed by atoms with E-state index in [1.165, 1.54) is 5.56 Å². The van der Waals surface area contributed by atoms with Crippen molar-refractivity contribution in [1.82, 2.24) is 4.98 Å². The van der Waals surface area contributed by atoms with Crippen molar-refractivity contribution in [2.45, 2.75) is 26.2 Å². The first kappa shape index (κ1) is 10.2. The third-order valence-electron chi connectivity index (χ3n) is 2.77. The van der Waals surface area contributed by atoms with E-state index in [9.17, 15) is 0 Å². The first-order chi connectivity index (χ1) is 7.24. The highest BCUT2D eigenvalue weighted by atomic mass is 16.3. The van der Waals surface area contributed by atoms with Gasteiger partial charge in [0.15, 0.2) is 11.5 Å². The third kappa shape index (κ3) is 1.88. The van der Waals surface area contributed by atoms with E-state index < -0.39 is 0 Å². The van der Waals surface area contributed by atoms with Crippen molar-refractivity contribution in [3.63, 3.8) is 0 Å². The zero-order valence-corrected chi connectivity index (χ0v) is 9.16. The van der Waals surface area contributed by atoms with E-state index in [2.05, 4.69) is 24.0 Å². The molecule has 80 valence electrons. The molecule has 1 aromatic carbocycles. The van der Waals surface area contributed by atoms with Crippen LogP contribution < -0.4 is 5.73 Å². The Bertz CT molecular complexity index is 458. The van der Waals surface area contributed by atoms with Crippen LogP contribution >= 0.6 is 0 Å². The lowest BCUT2D eigenvalue weighted by Crippen LogP contribution is -2.11. The van der Waals surface area contributed by atoms with Crippen molar-refractivity contribution in [3.05, 3.63) is 29.7 Å². The van der Waals surface area contributed by atoms with Gasteiger partial charge in [-0.1, -0.05) is 13.0 Å². The Morgan fingerprint density at radius 2 is 2.27 bits per heavy atom. The molecule has 0 radical (unpaired) electrons. The number of nitrogens with zero attached hydrogens (tertiary/aromatic N) is 1. The molecule has 2 N–H and O–H groups in total. The maximum absolute atomic E-state index is 5.72. The molecule has 2 aromatic rings. The van der Waals surface area contributed by atoms with Crippen LogP contribution in [0.25, 0.3) is 11.1 Å². The topological polar surface area (TPSA) is 52.0 Å². The fourth-order valence-electron chi connectivity index (χ4n) is 1.85. The quantitative estimate of drug-likeness (QED) is 0.836. The Kier molecular flexibility index (Phi) is 2.73. The number of hydrogen-bond acceptors (Lipinski definition) is 3. The Hall–Kier alpha value is -1.35. The van der Waals surface area contributed by atoms with Crippen LogP contribution in [-0.2, 0) is 0 Å². The number of hydrogen-bond donors (Lipinski definition) is 1. The average Bonchev–Trinajstić information content (AvgIpc) is 2.59. The second kappa shape index (κ2) is 4.03. The molecule has 0 spiro atoms. The van der Waals surface area contributed by atoms with Gasteiger partial charge in [-0.2, -0.15) is 0 Å². The maximum atomic E-state index is 5.72. The average molecular weight is 204 g/mol. The highest BCUT2D eigenvalue weighted by molar-refractivity contribution is 5.73. The van der Waals surface area contributed by atoms with Crippen molar-refractivity contribution < 1.29 is 4.42 Å². The summed E-state index contributed by atoms with van der Waals surface area (Å²) in [5.74, 6) is 1.13. The summed E-state index contributed by atoms with van der Waals surface area (Å²) in [4.78, 5) is 4.32. The van der Waals surface area contributed by atoms with Crippen LogP contribution in [-0.4, -0.2) is 11.5 Å². The fourth-order valence-corrected chi connectivity index (χ4v) is 1.85. The summed E-state index contributed by atoms with van der Waals surface area (Å²) in [5, 5.41) is 0. The minimum atomic E-state index is 0.423. The summed E-state index contributed by atoms with van der Waals surface area (Å²) in [6.45, 7) is 4.69. The standard InChI is InChI=1S/C12H16N2O/c1-3-9(7-13)10-4-5-12-11(6-10)14-8(2)15-12/h4-6,9H,3,7,13H2,1-2H3. The zero-order chi connectivity index (χ0) is 10.8. The Balaban J connectivity index is 2.45. The first-order valence-corrected chi connectivity index (χ1v) is 5.31. The van der Waals surface area contributed by atoms with Crippen molar-refractivity contribution in [3.8, 4) is 0 Å². The monoisotopic (exact) mass is 204 g/mol. The van der Waals surface area contributed by atoms with Gasteiger partial charge in [-0.05, 0) is 36.6 Å². The molecule has 0 fully saturated rings. The molecule has 0 amide bonds. The van der Waals surface area contributed by atoms with Crippen molar-refractivity contribution in [1.29, 1.82) is 0 Å². The van der Waals surface area contributed by atoms with Crippen LogP contribution in [0.5, 0.6) is 0 Å². The number of aromatic nitrogens is 1. The molecule has 1 atom stereocenters. The van der Waals surface area contributed by atoms with E-state index in [1.807, 2.05) is 13.0 Å². The first-order valence-electron chi connectivity index (χ1n) is 5.31. The van der Waals surface area contributed by atoms with Gasteiger partial charge in [-0.25, -0.2) is 4.98 Å². The van der Waals surface area contributed by atoms with E-state index in [-0.39, 0.29) is 0 Å². The van der Waals surface area contributed by atoms with Crippen LogP contribution in [0.3, 0.4) is 0 Å². The smallest absolute Gasteiger partial charge is 0.192 e. The highest BCUT2D eigenvalue weighted by Gasteiger charge is 2.09. The minimum Gasteiger partial charge on any atom is -0.441 e. The molecule has 3 heteroatoms. The predicted octanol–water partition coefficient (Wildman–Crippen LogP) is 2.59. The van der Waals surface area contributed by atoms with E-state index in [0.717, 1.165) is 17.5 Å². The molecule has 1 unspecified atom stereocenters. The predicted molar refractivity (Wildman–Crippen MR) is 60.8 cm³/mol. The van der Waals surface area contributed by atoms with Crippen LogP contribution in [0.1, 0.15) is 30.7 Å². The molecule has 1 heterocycles. The summed E-state index contributed by atoms with van der Waals surface area (Å²) in [6.07, 6.45) is 1.05. The van der Waals surface area contributed by atoms with E-state index in [4.69, 9.17) is 10.2 Å². The lowest BCUT2D eigenvalue weighted by molar-refractivity contribution is 0.561. The SMILES string of the molecule is CCC(CN)c1ccc2oc(C)nc2c1. The molecular formula is C12H16N2O. The molecule has 2 rings (SSSR count). The summed E-state index contributed by atoms with van der Waals surface area (Å²) in [5.41, 5.74) is 8.75. The normalized spacial score (nSPS) is 13.3. The Morgan fingerprint density at radius 1 is 1.47 bits per heavy atom. The van der Waals surface area contributed by atoms with Gasteiger partial charge in [0.25, 0.3) is 0 Å². The van der Waals surface area contributed by atoms with Gasteiger partial charge in [0.2, 0.25) is 0 Å². The van der Waals surface area contributed by atoms with E-state index in [0.29, 0.717) is 18.4 Å². The second-order valence-corrected chi connectivity index (χ2v) is 3.80. The Labute approximate surface area is 89.3 Å². The Morgan fingerprint density at radius 3 is 2.93 bits per heavy atom. The van der Waals surface area contributed by atoms with Crippen LogP contribution in [0.2, 0.25) is 0 Å². The molecule has 0 aliphatic heterocycles. The van der Waals surface area contributed by atoms with Gasteiger partial charge in [-0.3, -0.25) is 0 Å². The van der Waals surface area contributed by atoms with Crippen molar-refractivity contribution in [2.24, 2.45) is 5.73 Å². The van der Waals surface area contributed by atoms with Crippen LogP contribution in [0.15, 0.2) is 22.6 Å². The highest BCUT2D eigenvalue weighted by Crippen LogP contribution is 2.23. The van der Waals surface area contributed by atoms with Gasteiger partial charge in [0, 0.05) is 6.92 Å². The van der Waals surface area contributed by atoms with Crippen molar-refractivity contribution >= 4 is 11.1 Å². The van der Waals surface area contributed by atoms with Gasteiger partial charge in [0.1, 0.15) is 5.52 Å². The number of rotatable bonds is 3. The van der Waals surface area contributed by atoms with Gasteiger partial charge in [0.05, 0.1) is 0 Å².